The number of hydrogen-bond donors (Lipinski definition) is 0. The first-order chi connectivity index (χ1) is 11.6. The lowest BCUT2D eigenvalue weighted by Crippen LogP contribution is -1.95. The van der Waals surface area contributed by atoms with Crippen LogP contribution in [0.1, 0.15) is 16.8 Å². The van der Waals surface area contributed by atoms with Crippen molar-refractivity contribution in [3.8, 4) is 11.6 Å². The first kappa shape index (κ1) is 16.8. The Bertz CT molecular complexity index is 840. The van der Waals surface area contributed by atoms with E-state index in [4.69, 9.17) is 16.3 Å². The Kier molecular flexibility index (Phi) is 5.38. The highest BCUT2D eigenvalue weighted by molar-refractivity contribution is 7.98. The van der Waals surface area contributed by atoms with E-state index in [1.54, 1.807) is 11.8 Å². The van der Waals surface area contributed by atoms with E-state index in [0.29, 0.717) is 16.8 Å². The molecule has 1 aromatic heterocycles. The largest absolute Gasteiger partial charge is 0.439 e. The zero-order valence-electron chi connectivity index (χ0n) is 13.5. The quantitative estimate of drug-likeness (QED) is 0.425. The number of thioether (sulfide) groups is 1. The van der Waals surface area contributed by atoms with Crippen molar-refractivity contribution in [2.24, 2.45) is 0 Å². The topological polar surface area (TPSA) is 35.0 Å². The lowest BCUT2D eigenvalue weighted by molar-refractivity contribution is 0.454. The Hall–Kier alpha value is -2.04. The number of hydrogen-bond acceptors (Lipinski definition) is 4. The van der Waals surface area contributed by atoms with Gasteiger partial charge in [0.2, 0.25) is 5.88 Å². The van der Waals surface area contributed by atoms with Crippen LogP contribution in [-0.2, 0) is 5.75 Å². The summed E-state index contributed by atoms with van der Waals surface area (Å²) in [4.78, 5) is 8.97. The summed E-state index contributed by atoms with van der Waals surface area (Å²) >= 11 is 7.64. The summed E-state index contributed by atoms with van der Waals surface area (Å²) in [6.45, 7) is 3.88. The van der Waals surface area contributed by atoms with Crippen molar-refractivity contribution in [1.82, 2.24) is 9.97 Å². The molecule has 0 saturated carbocycles. The molecule has 122 valence electrons. The maximum Gasteiger partial charge on any atom is 0.223 e. The van der Waals surface area contributed by atoms with Crippen LogP contribution in [0.25, 0.3) is 0 Å². The Morgan fingerprint density at radius 2 is 1.79 bits per heavy atom. The summed E-state index contributed by atoms with van der Waals surface area (Å²) in [5.74, 6) is 2.08. The molecule has 0 radical (unpaired) electrons. The zero-order chi connectivity index (χ0) is 16.9. The molecule has 0 atom stereocenters. The van der Waals surface area contributed by atoms with E-state index >= 15 is 0 Å². The van der Waals surface area contributed by atoms with Crippen LogP contribution in [0.15, 0.2) is 59.8 Å². The fourth-order valence-electron chi connectivity index (χ4n) is 2.15. The predicted molar refractivity (Wildman–Crippen MR) is 99.0 cm³/mol. The first-order valence-electron chi connectivity index (χ1n) is 7.56. The van der Waals surface area contributed by atoms with Gasteiger partial charge >= 0.3 is 0 Å². The SMILES string of the molecule is Cc1cc(Oc2ccc(Cl)c(C)c2)nc(SCc2ccccc2)n1. The molecule has 3 nitrogen and oxygen atoms in total. The third kappa shape index (κ3) is 4.49. The van der Waals surface area contributed by atoms with E-state index in [2.05, 4.69) is 22.1 Å². The molecule has 0 bridgehead atoms. The number of aryl methyl sites for hydroxylation is 2. The molecule has 0 fully saturated rings. The van der Waals surface area contributed by atoms with Gasteiger partial charge in [0.05, 0.1) is 0 Å². The van der Waals surface area contributed by atoms with Crippen LogP contribution in [0, 0.1) is 13.8 Å². The van der Waals surface area contributed by atoms with Crippen LogP contribution in [0.2, 0.25) is 5.02 Å². The van der Waals surface area contributed by atoms with Crippen LogP contribution in [0.5, 0.6) is 11.6 Å². The highest BCUT2D eigenvalue weighted by atomic mass is 35.5. The molecule has 0 aliphatic heterocycles. The first-order valence-corrected chi connectivity index (χ1v) is 8.93. The molecule has 0 amide bonds. The van der Waals surface area contributed by atoms with Gasteiger partial charge in [-0.25, -0.2) is 4.98 Å². The molecular formula is C19H17ClN2OS. The predicted octanol–water partition coefficient (Wildman–Crippen LogP) is 5.83. The fourth-order valence-corrected chi connectivity index (χ4v) is 3.12. The lowest BCUT2D eigenvalue weighted by Gasteiger charge is -2.09. The van der Waals surface area contributed by atoms with Crippen LogP contribution in [0.3, 0.4) is 0 Å². The van der Waals surface area contributed by atoms with E-state index in [1.165, 1.54) is 5.56 Å². The molecule has 0 spiro atoms. The van der Waals surface area contributed by atoms with Gasteiger partial charge in [0, 0.05) is 22.5 Å². The molecule has 3 rings (SSSR count). The normalized spacial score (nSPS) is 10.6. The number of aromatic nitrogens is 2. The second kappa shape index (κ2) is 7.69. The van der Waals surface area contributed by atoms with Crippen molar-refractivity contribution in [1.29, 1.82) is 0 Å². The molecule has 24 heavy (non-hydrogen) atoms. The summed E-state index contributed by atoms with van der Waals surface area (Å²) in [7, 11) is 0. The molecule has 0 N–H and O–H groups in total. The second-order valence-electron chi connectivity index (χ2n) is 5.42. The minimum Gasteiger partial charge on any atom is -0.439 e. The van der Waals surface area contributed by atoms with Gasteiger partial charge in [0.1, 0.15) is 5.75 Å². The Balaban J connectivity index is 1.74. The molecular weight excluding hydrogens is 340 g/mol. The molecule has 2 aromatic carbocycles. The standard InChI is InChI=1S/C19H17ClN2OS/c1-13-10-16(8-9-17(13)20)23-18-11-14(2)21-19(22-18)24-12-15-6-4-3-5-7-15/h3-11H,12H2,1-2H3. The van der Waals surface area contributed by atoms with Gasteiger partial charge in [-0.05, 0) is 43.2 Å². The summed E-state index contributed by atoms with van der Waals surface area (Å²) < 4.78 is 5.86. The summed E-state index contributed by atoms with van der Waals surface area (Å²) in [5, 5.41) is 1.43. The fraction of sp³-hybridized carbons (Fsp3) is 0.158. The third-order valence-electron chi connectivity index (χ3n) is 3.37. The summed E-state index contributed by atoms with van der Waals surface area (Å²) in [6, 6.07) is 17.7. The van der Waals surface area contributed by atoms with E-state index in [-0.39, 0.29) is 0 Å². The van der Waals surface area contributed by atoms with Gasteiger partial charge in [-0.1, -0.05) is 53.7 Å². The van der Waals surface area contributed by atoms with E-state index in [1.807, 2.05) is 56.3 Å². The second-order valence-corrected chi connectivity index (χ2v) is 6.77. The van der Waals surface area contributed by atoms with Gasteiger partial charge in [0.25, 0.3) is 0 Å². The number of nitrogens with zero attached hydrogens (tertiary/aromatic N) is 2. The lowest BCUT2D eigenvalue weighted by atomic mass is 10.2. The Labute approximate surface area is 151 Å². The van der Waals surface area contributed by atoms with Gasteiger partial charge in [0.15, 0.2) is 5.16 Å². The molecule has 0 saturated heterocycles. The number of benzene rings is 2. The Morgan fingerprint density at radius 1 is 1.00 bits per heavy atom. The average molecular weight is 357 g/mol. The van der Waals surface area contributed by atoms with Crippen molar-refractivity contribution in [3.63, 3.8) is 0 Å². The summed E-state index contributed by atoms with van der Waals surface area (Å²) in [5.41, 5.74) is 3.09. The van der Waals surface area contributed by atoms with Crippen LogP contribution < -0.4 is 4.74 Å². The molecule has 0 aliphatic rings. The highest BCUT2D eigenvalue weighted by Gasteiger charge is 2.07. The van der Waals surface area contributed by atoms with Gasteiger partial charge in [-0.3, -0.25) is 0 Å². The van der Waals surface area contributed by atoms with E-state index < -0.39 is 0 Å². The van der Waals surface area contributed by atoms with Crippen molar-refractivity contribution in [2.45, 2.75) is 24.8 Å². The van der Waals surface area contributed by atoms with E-state index in [9.17, 15) is 0 Å². The number of ether oxygens (including phenoxy) is 1. The Morgan fingerprint density at radius 3 is 2.54 bits per heavy atom. The smallest absolute Gasteiger partial charge is 0.223 e. The van der Waals surface area contributed by atoms with Gasteiger partial charge < -0.3 is 4.74 Å². The molecule has 1 heterocycles. The van der Waals surface area contributed by atoms with Crippen LogP contribution >= 0.6 is 23.4 Å². The van der Waals surface area contributed by atoms with Crippen molar-refractivity contribution in [3.05, 3.63) is 76.4 Å². The number of halogens is 1. The van der Waals surface area contributed by atoms with Crippen molar-refractivity contribution < 1.29 is 4.74 Å². The monoisotopic (exact) mass is 356 g/mol. The van der Waals surface area contributed by atoms with Crippen molar-refractivity contribution >= 4 is 23.4 Å². The average Bonchev–Trinajstić information content (AvgIpc) is 2.57. The molecule has 0 aliphatic carbocycles. The van der Waals surface area contributed by atoms with Crippen LogP contribution in [-0.4, -0.2) is 9.97 Å². The molecule has 0 unspecified atom stereocenters. The minimum atomic E-state index is 0.541. The van der Waals surface area contributed by atoms with Crippen molar-refractivity contribution in [2.75, 3.05) is 0 Å². The molecule has 3 aromatic rings. The van der Waals surface area contributed by atoms with E-state index in [0.717, 1.165) is 22.0 Å². The zero-order valence-corrected chi connectivity index (χ0v) is 15.1. The summed E-state index contributed by atoms with van der Waals surface area (Å²) in [6.07, 6.45) is 0. The maximum absolute atomic E-state index is 6.05. The highest BCUT2D eigenvalue weighted by Crippen LogP contribution is 2.27. The van der Waals surface area contributed by atoms with Gasteiger partial charge in [-0.2, -0.15) is 4.98 Å². The minimum absolute atomic E-state index is 0.541. The molecule has 5 heteroatoms. The number of rotatable bonds is 5. The third-order valence-corrected chi connectivity index (χ3v) is 4.72. The van der Waals surface area contributed by atoms with Gasteiger partial charge in [-0.15, -0.1) is 0 Å². The maximum atomic E-state index is 6.05. The van der Waals surface area contributed by atoms with Crippen LogP contribution in [0.4, 0.5) is 0 Å².